The lowest BCUT2D eigenvalue weighted by Crippen LogP contribution is -2.34. The molecule has 0 spiro atoms. The summed E-state index contributed by atoms with van der Waals surface area (Å²) in [5.41, 5.74) is 3.50. The van der Waals surface area contributed by atoms with Gasteiger partial charge in [0.1, 0.15) is 35.6 Å². The molecule has 4 rings (SSSR count). The highest BCUT2D eigenvalue weighted by atomic mass is 19.4. The zero-order valence-electron chi connectivity index (χ0n) is 17.6. The molecule has 0 fully saturated rings. The summed E-state index contributed by atoms with van der Waals surface area (Å²) in [7, 11) is 2.64. The van der Waals surface area contributed by atoms with Gasteiger partial charge >= 0.3 is 6.18 Å². The number of rotatable bonds is 6. The molecule has 0 saturated heterocycles. The van der Waals surface area contributed by atoms with Gasteiger partial charge in [0, 0.05) is 29.7 Å². The van der Waals surface area contributed by atoms with Crippen molar-refractivity contribution in [3.05, 3.63) is 60.9 Å². The van der Waals surface area contributed by atoms with E-state index in [2.05, 4.69) is 15.0 Å². The fraction of sp³-hybridized carbons (Fsp3) is 0.182. The molecule has 33 heavy (non-hydrogen) atoms. The maximum atomic E-state index is 12.5. The van der Waals surface area contributed by atoms with Gasteiger partial charge in [0.05, 0.1) is 26.1 Å². The second-order valence-corrected chi connectivity index (χ2v) is 6.97. The Kier molecular flexibility index (Phi) is 5.86. The molecule has 4 aromatic rings. The lowest BCUT2D eigenvalue weighted by molar-refractivity contribution is -0.123. The van der Waals surface area contributed by atoms with Crippen molar-refractivity contribution in [2.24, 2.45) is 0 Å². The summed E-state index contributed by atoms with van der Waals surface area (Å²) in [4.78, 5) is 24.9. The van der Waals surface area contributed by atoms with E-state index >= 15 is 0 Å². The van der Waals surface area contributed by atoms with Crippen molar-refractivity contribution in [2.75, 3.05) is 20.8 Å². The van der Waals surface area contributed by atoms with Crippen LogP contribution < -0.4 is 14.8 Å². The first-order chi connectivity index (χ1) is 15.8. The Labute approximate surface area is 186 Å². The molecular formula is C22H18F3N5O3. The summed E-state index contributed by atoms with van der Waals surface area (Å²) in [5, 5.41) is 1.84. The number of ether oxygens (including phenoxy) is 2. The molecule has 1 amide bonds. The number of nitrogens with zero attached hydrogens (tertiary/aromatic N) is 4. The lowest BCUT2D eigenvalue weighted by Gasteiger charge is -2.16. The summed E-state index contributed by atoms with van der Waals surface area (Å²) in [6, 6.07) is 6.85. The number of halogens is 3. The van der Waals surface area contributed by atoms with Gasteiger partial charge in [0.25, 0.3) is 5.91 Å². The molecule has 11 heteroatoms. The molecule has 170 valence electrons. The molecule has 0 atom stereocenters. The SMILES string of the molecule is COc1cc(-c2cnc3cc(-c4cncnc4)ccn23)cc(OC)c1C(=O)NCC(F)(F)F. The van der Waals surface area contributed by atoms with Gasteiger partial charge in [0.15, 0.2) is 0 Å². The number of imidazole rings is 1. The van der Waals surface area contributed by atoms with E-state index in [4.69, 9.17) is 9.47 Å². The fourth-order valence-electron chi connectivity index (χ4n) is 3.37. The van der Waals surface area contributed by atoms with Crippen LogP contribution in [0.5, 0.6) is 11.5 Å². The van der Waals surface area contributed by atoms with Crippen LogP contribution in [0, 0.1) is 0 Å². The number of hydrogen-bond acceptors (Lipinski definition) is 6. The third-order valence-electron chi connectivity index (χ3n) is 4.89. The standard InChI is InChI=1S/C22H18F3N5O3/c1-32-17-5-14(6-18(33-2)20(17)21(31)29-11-22(23,24)25)16-10-28-19-7-13(3-4-30(16)19)15-8-26-12-27-9-15/h3-10,12H,11H2,1-2H3,(H,29,31). The topological polar surface area (TPSA) is 90.6 Å². The van der Waals surface area contributed by atoms with E-state index in [-0.39, 0.29) is 17.1 Å². The van der Waals surface area contributed by atoms with Crippen molar-refractivity contribution in [3.63, 3.8) is 0 Å². The Morgan fingerprint density at radius 3 is 2.27 bits per heavy atom. The maximum absolute atomic E-state index is 12.5. The zero-order valence-corrected chi connectivity index (χ0v) is 17.6. The minimum Gasteiger partial charge on any atom is -0.496 e. The van der Waals surface area contributed by atoms with Crippen LogP contribution >= 0.6 is 0 Å². The van der Waals surface area contributed by atoms with E-state index < -0.39 is 18.6 Å². The molecule has 0 aliphatic carbocycles. The minimum absolute atomic E-state index is 0.0667. The Hall–Kier alpha value is -4.15. The predicted molar refractivity (Wildman–Crippen MR) is 113 cm³/mol. The third-order valence-corrected chi connectivity index (χ3v) is 4.89. The first-order valence-corrected chi connectivity index (χ1v) is 9.64. The van der Waals surface area contributed by atoms with Gasteiger partial charge in [-0.3, -0.25) is 9.20 Å². The number of amides is 1. The van der Waals surface area contributed by atoms with E-state index in [1.807, 2.05) is 28.0 Å². The first kappa shape index (κ1) is 22.1. The van der Waals surface area contributed by atoms with Crippen LogP contribution in [0.4, 0.5) is 13.2 Å². The van der Waals surface area contributed by atoms with Crippen LogP contribution in [0.25, 0.3) is 28.0 Å². The monoisotopic (exact) mass is 457 g/mol. The molecule has 0 bridgehead atoms. The Bertz CT molecular complexity index is 1280. The number of hydrogen-bond donors (Lipinski definition) is 1. The van der Waals surface area contributed by atoms with Gasteiger partial charge in [-0.15, -0.1) is 0 Å². The van der Waals surface area contributed by atoms with Crippen LogP contribution in [0.1, 0.15) is 10.4 Å². The van der Waals surface area contributed by atoms with Crippen molar-refractivity contribution in [2.45, 2.75) is 6.18 Å². The van der Waals surface area contributed by atoms with Crippen LogP contribution in [-0.2, 0) is 0 Å². The molecule has 3 aromatic heterocycles. The number of aromatic nitrogens is 4. The van der Waals surface area contributed by atoms with Gasteiger partial charge < -0.3 is 14.8 Å². The minimum atomic E-state index is -4.54. The van der Waals surface area contributed by atoms with Gasteiger partial charge in [-0.05, 0) is 29.8 Å². The van der Waals surface area contributed by atoms with Crippen molar-refractivity contribution >= 4 is 11.6 Å². The van der Waals surface area contributed by atoms with Crippen LogP contribution in [0.3, 0.4) is 0 Å². The van der Waals surface area contributed by atoms with E-state index in [1.165, 1.54) is 20.5 Å². The molecule has 1 aromatic carbocycles. The molecule has 0 aliphatic rings. The van der Waals surface area contributed by atoms with Gasteiger partial charge in [-0.25, -0.2) is 15.0 Å². The van der Waals surface area contributed by atoms with E-state index in [1.54, 1.807) is 30.7 Å². The largest absolute Gasteiger partial charge is 0.496 e. The molecule has 0 unspecified atom stereocenters. The average molecular weight is 457 g/mol. The quantitative estimate of drug-likeness (QED) is 0.474. The highest BCUT2D eigenvalue weighted by Gasteiger charge is 2.30. The second-order valence-electron chi connectivity index (χ2n) is 6.97. The molecule has 0 aliphatic heterocycles. The maximum Gasteiger partial charge on any atom is 0.405 e. The number of nitrogens with one attached hydrogen (secondary N) is 1. The molecule has 3 heterocycles. The normalized spacial score (nSPS) is 11.4. The summed E-state index contributed by atoms with van der Waals surface area (Å²) >= 11 is 0. The van der Waals surface area contributed by atoms with E-state index in [9.17, 15) is 18.0 Å². The highest BCUT2D eigenvalue weighted by molar-refractivity contribution is 6.00. The summed E-state index contributed by atoms with van der Waals surface area (Å²) in [6.45, 7) is -1.47. The van der Waals surface area contributed by atoms with Crippen molar-refractivity contribution in [1.82, 2.24) is 24.7 Å². The summed E-state index contributed by atoms with van der Waals surface area (Å²) in [5.74, 6) is -0.825. The van der Waals surface area contributed by atoms with Gasteiger partial charge in [-0.1, -0.05) is 0 Å². The van der Waals surface area contributed by atoms with Crippen LogP contribution in [0.15, 0.2) is 55.4 Å². The predicted octanol–water partition coefficient (Wildman–Crippen LogP) is 3.77. The molecule has 8 nitrogen and oxygen atoms in total. The lowest BCUT2D eigenvalue weighted by atomic mass is 10.1. The zero-order chi connectivity index (χ0) is 23.6. The summed E-state index contributed by atoms with van der Waals surface area (Å²) in [6.07, 6.45) is 3.75. The van der Waals surface area contributed by atoms with Crippen molar-refractivity contribution in [3.8, 4) is 33.9 Å². The van der Waals surface area contributed by atoms with E-state index in [0.29, 0.717) is 16.9 Å². The summed E-state index contributed by atoms with van der Waals surface area (Å²) < 4.78 is 50.0. The van der Waals surface area contributed by atoms with Gasteiger partial charge in [-0.2, -0.15) is 13.2 Å². The first-order valence-electron chi connectivity index (χ1n) is 9.64. The second kappa shape index (κ2) is 8.77. The van der Waals surface area contributed by atoms with Crippen LogP contribution in [0.2, 0.25) is 0 Å². The Balaban J connectivity index is 1.74. The number of pyridine rings is 1. The number of fused-ring (bicyclic) bond motifs is 1. The number of alkyl halides is 3. The Morgan fingerprint density at radius 2 is 1.67 bits per heavy atom. The molecular weight excluding hydrogens is 439 g/mol. The van der Waals surface area contributed by atoms with Gasteiger partial charge in [0.2, 0.25) is 0 Å². The average Bonchev–Trinajstić information content (AvgIpc) is 3.25. The molecule has 1 N–H and O–H groups in total. The molecule has 0 saturated carbocycles. The fourth-order valence-corrected chi connectivity index (χ4v) is 3.37. The number of benzene rings is 1. The van der Waals surface area contributed by atoms with Crippen molar-refractivity contribution < 1.29 is 27.4 Å². The number of carbonyl (C=O) groups excluding carboxylic acids is 1. The van der Waals surface area contributed by atoms with Crippen molar-refractivity contribution in [1.29, 1.82) is 0 Å². The Morgan fingerprint density at radius 1 is 1.00 bits per heavy atom. The third kappa shape index (κ3) is 4.56. The highest BCUT2D eigenvalue weighted by Crippen LogP contribution is 2.36. The molecule has 0 radical (unpaired) electrons. The van der Waals surface area contributed by atoms with Crippen LogP contribution in [-0.4, -0.2) is 52.2 Å². The van der Waals surface area contributed by atoms with E-state index in [0.717, 1.165) is 11.1 Å². The number of carbonyl (C=O) groups is 1. The smallest absolute Gasteiger partial charge is 0.405 e. The number of methoxy groups -OCH3 is 2.